The molecule has 7 heteroatoms. The van der Waals surface area contributed by atoms with Crippen molar-refractivity contribution in [1.29, 1.82) is 0 Å². The van der Waals surface area contributed by atoms with Crippen molar-refractivity contribution in [1.82, 2.24) is 0 Å². The van der Waals surface area contributed by atoms with Crippen molar-refractivity contribution < 1.29 is 34.0 Å². The number of benzene rings is 3. The summed E-state index contributed by atoms with van der Waals surface area (Å²) in [6, 6.07) is 24.4. The van der Waals surface area contributed by atoms with Crippen molar-refractivity contribution in [2.75, 3.05) is 19.8 Å². The Morgan fingerprint density at radius 3 is 2.04 bits per heavy atom. The number of carbonyl (C=O) groups excluding carboxylic acids is 2. The van der Waals surface area contributed by atoms with Crippen molar-refractivity contribution in [3.8, 4) is 16.9 Å². The van der Waals surface area contributed by atoms with Crippen molar-refractivity contribution >= 4 is 11.8 Å². The van der Waals surface area contributed by atoms with Gasteiger partial charge in [-0.1, -0.05) is 97.7 Å². The number of carbonyl (C=O) groups is 2. The van der Waals surface area contributed by atoms with Crippen LogP contribution in [0.15, 0.2) is 134 Å². The molecular weight excluding hydrogens is 568 g/mol. The molecule has 7 nitrogen and oxygen atoms in total. The van der Waals surface area contributed by atoms with Gasteiger partial charge in [-0.25, -0.2) is 4.79 Å². The van der Waals surface area contributed by atoms with Gasteiger partial charge >= 0.3 is 5.97 Å². The Kier molecular flexibility index (Phi) is 11.1. The summed E-state index contributed by atoms with van der Waals surface area (Å²) < 4.78 is 16.4. The molecule has 0 amide bonds. The van der Waals surface area contributed by atoms with Gasteiger partial charge in [0.05, 0.1) is 17.8 Å². The largest absolute Gasteiger partial charge is 0.847 e. The van der Waals surface area contributed by atoms with E-state index in [0.29, 0.717) is 11.5 Å². The lowest BCUT2D eigenvalue weighted by Crippen LogP contribution is -2.30. The molecule has 0 saturated carbocycles. The van der Waals surface area contributed by atoms with E-state index in [2.05, 4.69) is 44.3 Å². The summed E-state index contributed by atoms with van der Waals surface area (Å²) in [5.74, 6) is 0.191. The van der Waals surface area contributed by atoms with Gasteiger partial charge in [-0.15, -0.1) is 0 Å². The second-order valence-electron chi connectivity index (χ2n) is 10.6. The van der Waals surface area contributed by atoms with E-state index in [4.69, 9.17) is 14.2 Å². The van der Waals surface area contributed by atoms with E-state index in [1.54, 1.807) is 6.92 Å². The fourth-order valence-electron chi connectivity index (χ4n) is 5.43. The topological polar surface area (TPSA) is 105 Å². The first-order valence-electron chi connectivity index (χ1n) is 14.6. The van der Waals surface area contributed by atoms with Crippen molar-refractivity contribution in [3.63, 3.8) is 0 Å². The molecule has 4 rings (SSSR count). The molecule has 0 fully saturated rings. The van der Waals surface area contributed by atoms with Crippen LogP contribution in [0.1, 0.15) is 30.5 Å². The van der Waals surface area contributed by atoms with Crippen LogP contribution in [0.2, 0.25) is 0 Å². The Bertz CT molecular complexity index is 1580. The Morgan fingerprint density at radius 2 is 1.44 bits per heavy atom. The Balaban J connectivity index is 1.65. The summed E-state index contributed by atoms with van der Waals surface area (Å²) in [5.41, 5.74) is 5.98. The molecule has 0 aromatic heterocycles. The van der Waals surface area contributed by atoms with E-state index in [-0.39, 0.29) is 25.6 Å². The molecule has 0 saturated heterocycles. The second kappa shape index (κ2) is 15.1. The van der Waals surface area contributed by atoms with Crippen LogP contribution in [0, 0.1) is 0 Å². The van der Waals surface area contributed by atoms with Crippen LogP contribution in [0.4, 0.5) is 0 Å². The lowest BCUT2D eigenvalue weighted by molar-refractivity contribution is -0.406. The zero-order valence-electron chi connectivity index (χ0n) is 25.5. The third kappa shape index (κ3) is 7.58. The number of esters is 1. The molecule has 232 valence electrons. The number of ether oxygens (including phenoxy) is 3. The van der Waals surface area contributed by atoms with Gasteiger partial charge in [0.25, 0.3) is 0 Å². The summed E-state index contributed by atoms with van der Waals surface area (Å²) in [6.45, 7) is 10.3. The summed E-state index contributed by atoms with van der Waals surface area (Å²) in [7, 11) is 0. The van der Waals surface area contributed by atoms with Gasteiger partial charge in [0, 0.05) is 6.08 Å². The van der Waals surface area contributed by atoms with Crippen molar-refractivity contribution in [2.45, 2.75) is 31.5 Å². The minimum absolute atomic E-state index is 0.0392. The van der Waals surface area contributed by atoms with E-state index in [1.807, 2.05) is 60.7 Å². The normalized spacial score (nSPS) is 15.0. The maximum Gasteiger partial charge on any atom is 0.330 e. The number of aliphatic hydroxyl groups is 1. The highest BCUT2D eigenvalue weighted by Crippen LogP contribution is 2.56. The van der Waals surface area contributed by atoms with E-state index in [0.717, 1.165) is 45.5 Å². The molecule has 0 spiro atoms. The molecule has 0 aliphatic heterocycles. The summed E-state index contributed by atoms with van der Waals surface area (Å²) in [5, 5.41) is 22.4. The van der Waals surface area contributed by atoms with Gasteiger partial charge in [0.15, 0.2) is 5.78 Å². The quantitative estimate of drug-likeness (QED) is 0.107. The maximum absolute atomic E-state index is 12.2. The first-order chi connectivity index (χ1) is 21.7. The van der Waals surface area contributed by atoms with Gasteiger partial charge in [-0.2, -0.15) is 0 Å². The summed E-state index contributed by atoms with van der Waals surface area (Å²) >= 11 is 0. The first kappa shape index (κ1) is 32.9. The highest BCUT2D eigenvalue weighted by Gasteiger charge is 2.45. The molecular formula is C38H37O7-. The van der Waals surface area contributed by atoms with E-state index < -0.39 is 23.6 Å². The van der Waals surface area contributed by atoms with Gasteiger partial charge in [0.2, 0.25) is 0 Å². The number of ketones is 1. The molecule has 2 unspecified atom stereocenters. The lowest BCUT2D eigenvalue weighted by Gasteiger charge is -2.34. The van der Waals surface area contributed by atoms with Crippen LogP contribution >= 0.6 is 0 Å². The number of hydrogen-bond acceptors (Lipinski definition) is 7. The SMILES string of the molecule is C=CC(=O)/C=C/C([O-])COc1ccc(C2(/C(C)=C/C=C(\C)OCC(O)COC(=O)C=C)c3ccccc3-c3ccccc32)cc1. The number of allylic oxidation sites excluding steroid dienone is 6. The van der Waals surface area contributed by atoms with E-state index in [9.17, 15) is 19.8 Å². The highest BCUT2D eigenvalue weighted by molar-refractivity contribution is 5.98. The molecule has 45 heavy (non-hydrogen) atoms. The fourth-order valence-corrected chi connectivity index (χ4v) is 5.43. The van der Waals surface area contributed by atoms with Crippen LogP contribution in [-0.2, 0) is 24.5 Å². The lowest BCUT2D eigenvalue weighted by atomic mass is 9.67. The second-order valence-corrected chi connectivity index (χ2v) is 10.6. The molecule has 1 N–H and O–H groups in total. The minimum atomic E-state index is -1.20. The van der Waals surface area contributed by atoms with Crippen LogP contribution in [-0.4, -0.2) is 48.9 Å². The predicted octanol–water partition coefficient (Wildman–Crippen LogP) is 5.38. The zero-order chi connectivity index (χ0) is 32.4. The predicted molar refractivity (Wildman–Crippen MR) is 172 cm³/mol. The van der Waals surface area contributed by atoms with Crippen LogP contribution < -0.4 is 9.84 Å². The fraction of sp³-hybridized carbons (Fsp3) is 0.211. The molecule has 1 aliphatic carbocycles. The van der Waals surface area contributed by atoms with E-state index in [1.165, 1.54) is 12.2 Å². The average Bonchev–Trinajstić information content (AvgIpc) is 3.38. The number of hydrogen-bond donors (Lipinski definition) is 1. The molecule has 0 radical (unpaired) electrons. The third-order valence-corrected chi connectivity index (χ3v) is 7.58. The summed E-state index contributed by atoms with van der Waals surface area (Å²) in [4.78, 5) is 22.7. The monoisotopic (exact) mass is 605 g/mol. The molecule has 1 aliphatic rings. The van der Waals surface area contributed by atoms with Crippen molar-refractivity contribution in [2.24, 2.45) is 0 Å². The maximum atomic E-state index is 12.2. The Labute approximate surface area is 264 Å². The minimum Gasteiger partial charge on any atom is -0.847 e. The Morgan fingerprint density at radius 1 is 0.844 bits per heavy atom. The average molecular weight is 606 g/mol. The molecule has 0 heterocycles. The third-order valence-electron chi connectivity index (χ3n) is 7.58. The molecule has 0 bridgehead atoms. The van der Waals surface area contributed by atoms with Gasteiger partial charge in [-0.3, -0.25) is 4.79 Å². The molecule has 2 atom stereocenters. The highest BCUT2D eigenvalue weighted by atomic mass is 16.5. The van der Waals surface area contributed by atoms with Crippen LogP contribution in [0.5, 0.6) is 5.75 Å². The number of aliphatic hydroxyl groups excluding tert-OH is 1. The van der Waals surface area contributed by atoms with Crippen LogP contribution in [0.3, 0.4) is 0 Å². The van der Waals surface area contributed by atoms with Gasteiger partial charge in [-0.05, 0) is 72.0 Å². The van der Waals surface area contributed by atoms with Gasteiger partial charge < -0.3 is 24.4 Å². The first-order valence-corrected chi connectivity index (χ1v) is 14.6. The smallest absolute Gasteiger partial charge is 0.330 e. The van der Waals surface area contributed by atoms with E-state index >= 15 is 0 Å². The standard InChI is InChI=1S/C38H37O7/c1-5-29(39)19-20-30(40)23-44-32-21-17-28(18-22-32)38(35-13-9-7-11-33(35)34-12-8-10-14-36(34)38)26(3)15-16-27(4)43-24-31(41)25-45-37(42)6-2/h5-22,30-31,41H,1-2,23-25H2,3-4H3/q-1/b20-19+,26-15+,27-16+. The Hall–Kier alpha value is -4.98. The van der Waals surface area contributed by atoms with Crippen molar-refractivity contribution in [3.05, 3.63) is 150 Å². The number of rotatable bonds is 15. The van der Waals surface area contributed by atoms with Crippen LogP contribution in [0.25, 0.3) is 11.1 Å². The number of fused-ring (bicyclic) bond motifs is 3. The van der Waals surface area contributed by atoms with Gasteiger partial charge in [0.1, 0.15) is 25.1 Å². The summed E-state index contributed by atoms with van der Waals surface area (Å²) in [6.07, 6.45) is 6.36. The zero-order valence-corrected chi connectivity index (χ0v) is 25.5. The molecule has 3 aromatic rings. The molecule has 3 aromatic carbocycles.